The van der Waals surface area contributed by atoms with Crippen LogP contribution >= 0.6 is 23.2 Å². The summed E-state index contributed by atoms with van der Waals surface area (Å²) in [5.74, 6) is -1.62. The van der Waals surface area contributed by atoms with Crippen molar-refractivity contribution < 1.29 is 17.6 Å². The zero-order valence-electron chi connectivity index (χ0n) is 15.8. The molecule has 0 bridgehead atoms. The lowest BCUT2D eigenvalue weighted by Gasteiger charge is -2.30. The molecule has 2 aromatic carbocycles. The number of carbonyl (C=O) groups is 1. The molecule has 156 valence electrons. The van der Waals surface area contributed by atoms with Gasteiger partial charge < -0.3 is 5.32 Å². The summed E-state index contributed by atoms with van der Waals surface area (Å²) >= 11 is 12.0. The van der Waals surface area contributed by atoms with Gasteiger partial charge in [-0.15, -0.1) is 0 Å². The van der Waals surface area contributed by atoms with Gasteiger partial charge in [-0.3, -0.25) is 4.79 Å². The van der Waals surface area contributed by atoms with Gasteiger partial charge in [0.05, 0.1) is 5.75 Å². The number of hydrogen-bond donors (Lipinski definition) is 1. The van der Waals surface area contributed by atoms with Crippen LogP contribution in [0.5, 0.6) is 0 Å². The Balaban J connectivity index is 1.62. The maximum atomic E-state index is 14.0. The van der Waals surface area contributed by atoms with Crippen molar-refractivity contribution in [2.24, 2.45) is 5.92 Å². The van der Waals surface area contributed by atoms with Crippen LogP contribution in [0.4, 0.5) is 10.1 Å². The maximum Gasteiger partial charge on any atom is 0.227 e. The van der Waals surface area contributed by atoms with Crippen molar-refractivity contribution in [1.82, 2.24) is 4.31 Å². The van der Waals surface area contributed by atoms with Crippen LogP contribution in [0.1, 0.15) is 24.0 Å². The monoisotopic (exact) mass is 458 g/mol. The Morgan fingerprint density at radius 1 is 1.14 bits per heavy atom. The molecule has 0 radical (unpaired) electrons. The van der Waals surface area contributed by atoms with E-state index in [1.54, 1.807) is 18.2 Å². The molecular formula is C20H21Cl2FN2O3S. The van der Waals surface area contributed by atoms with Crippen molar-refractivity contribution in [2.45, 2.75) is 25.5 Å². The second kappa shape index (κ2) is 9.00. The van der Waals surface area contributed by atoms with E-state index in [1.807, 2.05) is 6.92 Å². The molecule has 29 heavy (non-hydrogen) atoms. The molecule has 1 heterocycles. The number of anilines is 1. The minimum Gasteiger partial charge on any atom is -0.326 e. The standard InChI is InChI=1S/C20H21Cl2FN2O3S/c1-13-16(21)4-3-7-19(13)24-20(26)14-8-10-25(11-9-14)29(27,28)12-15-17(22)5-2-6-18(15)23/h2-7,14H,8-12H2,1H3,(H,24,26). The van der Waals surface area contributed by atoms with Gasteiger partial charge in [-0.25, -0.2) is 17.1 Å². The van der Waals surface area contributed by atoms with Gasteiger partial charge in [0.2, 0.25) is 15.9 Å². The first-order valence-corrected chi connectivity index (χ1v) is 11.5. The zero-order valence-corrected chi connectivity index (χ0v) is 18.1. The number of carbonyl (C=O) groups excluding carboxylic acids is 1. The fraction of sp³-hybridized carbons (Fsp3) is 0.350. The Labute approximate surface area is 179 Å². The molecule has 1 fully saturated rings. The van der Waals surface area contributed by atoms with Gasteiger partial charge in [0, 0.05) is 40.3 Å². The van der Waals surface area contributed by atoms with Crippen LogP contribution in [0.15, 0.2) is 36.4 Å². The highest BCUT2D eigenvalue weighted by Crippen LogP contribution is 2.28. The molecule has 0 atom stereocenters. The first kappa shape index (κ1) is 22.0. The molecule has 9 heteroatoms. The van der Waals surface area contributed by atoms with E-state index in [1.165, 1.54) is 22.5 Å². The largest absolute Gasteiger partial charge is 0.326 e. The quantitative estimate of drug-likeness (QED) is 0.710. The lowest BCUT2D eigenvalue weighted by atomic mass is 9.97. The Hall–Kier alpha value is -1.67. The number of piperidine rings is 1. The van der Waals surface area contributed by atoms with Gasteiger partial charge >= 0.3 is 0 Å². The van der Waals surface area contributed by atoms with Crippen LogP contribution in [0.3, 0.4) is 0 Å². The maximum absolute atomic E-state index is 14.0. The van der Waals surface area contributed by atoms with Gasteiger partial charge in [-0.05, 0) is 49.6 Å². The Bertz CT molecular complexity index is 1000. The number of nitrogens with one attached hydrogen (secondary N) is 1. The molecule has 1 saturated heterocycles. The van der Waals surface area contributed by atoms with E-state index < -0.39 is 21.6 Å². The Morgan fingerprint density at radius 2 is 1.76 bits per heavy atom. The molecule has 1 amide bonds. The molecule has 1 aliphatic heterocycles. The smallest absolute Gasteiger partial charge is 0.227 e. The van der Waals surface area contributed by atoms with E-state index >= 15 is 0 Å². The zero-order chi connectivity index (χ0) is 21.2. The van der Waals surface area contributed by atoms with Crippen molar-refractivity contribution in [3.05, 3.63) is 63.4 Å². The normalized spacial score (nSPS) is 16.0. The van der Waals surface area contributed by atoms with Crippen LogP contribution in [0, 0.1) is 18.7 Å². The summed E-state index contributed by atoms with van der Waals surface area (Å²) in [6.45, 7) is 2.21. The van der Waals surface area contributed by atoms with Gasteiger partial charge in [0.1, 0.15) is 5.82 Å². The summed E-state index contributed by atoms with van der Waals surface area (Å²) in [7, 11) is -3.74. The van der Waals surface area contributed by atoms with Gasteiger partial charge in [-0.2, -0.15) is 0 Å². The predicted octanol–water partition coefficient (Wildman–Crippen LogP) is 4.62. The first-order chi connectivity index (χ1) is 13.7. The molecule has 0 unspecified atom stereocenters. The van der Waals surface area contributed by atoms with Crippen LogP contribution in [0.25, 0.3) is 0 Å². The van der Waals surface area contributed by atoms with Crippen LogP contribution < -0.4 is 5.32 Å². The topological polar surface area (TPSA) is 66.5 Å². The number of sulfonamides is 1. The fourth-order valence-electron chi connectivity index (χ4n) is 3.32. The molecule has 0 saturated carbocycles. The number of halogens is 3. The molecular weight excluding hydrogens is 438 g/mol. The minimum absolute atomic E-state index is 0.0366. The molecule has 1 N–H and O–H groups in total. The number of hydrogen-bond acceptors (Lipinski definition) is 3. The van der Waals surface area contributed by atoms with E-state index in [0.29, 0.717) is 23.6 Å². The summed E-state index contributed by atoms with van der Waals surface area (Å²) < 4.78 is 40.6. The lowest BCUT2D eigenvalue weighted by molar-refractivity contribution is -0.120. The third kappa shape index (κ3) is 5.09. The van der Waals surface area contributed by atoms with Crippen molar-refractivity contribution in [3.63, 3.8) is 0 Å². The van der Waals surface area contributed by atoms with E-state index in [4.69, 9.17) is 23.2 Å². The van der Waals surface area contributed by atoms with Crippen LogP contribution in [0.2, 0.25) is 10.0 Å². The van der Waals surface area contributed by atoms with E-state index in [0.717, 1.165) is 5.56 Å². The predicted molar refractivity (Wildman–Crippen MR) is 113 cm³/mol. The fourth-order valence-corrected chi connectivity index (χ4v) is 5.41. The highest BCUT2D eigenvalue weighted by Gasteiger charge is 2.32. The average molecular weight is 459 g/mol. The summed E-state index contributed by atoms with van der Waals surface area (Å²) in [4.78, 5) is 12.6. The number of rotatable bonds is 5. The van der Waals surface area contributed by atoms with E-state index in [-0.39, 0.29) is 35.5 Å². The van der Waals surface area contributed by atoms with Gasteiger partial charge in [0.15, 0.2) is 0 Å². The molecule has 3 rings (SSSR count). The first-order valence-electron chi connectivity index (χ1n) is 9.15. The second-order valence-electron chi connectivity index (χ2n) is 7.03. The van der Waals surface area contributed by atoms with Crippen molar-refractivity contribution in [1.29, 1.82) is 0 Å². The average Bonchev–Trinajstić information content (AvgIpc) is 2.68. The van der Waals surface area contributed by atoms with Crippen molar-refractivity contribution in [2.75, 3.05) is 18.4 Å². The third-order valence-corrected chi connectivity index (χ3v) is 7.70. The summed E-state index contributed by atoms with van der Waals surface area (Å²) in [5.41, 5.74) is 1.39. The Morgan fingerprint density at radius 3 is 2.41 bits per heavy atom. The minimum atomic E-state index is -3.74. The molecule has 0 aliphatic carbocycles. The van der Waals surface area contributed by atoms with Crippen LogP contribution in [-0.4, -0.2) is 31.7 Å². The van der Waals surface area contributed by atoms with Gasteiger partial charge in [-0.1, -0.05) is 35.3 Å². The second-order valence-corrected chi connectivity index (χ2v) is 9.81. The summed E-state index contributed by atoms with van der Waals surface area (Å²) in [6.07, 6.45) is 0.769. The lowest BCUT2D eigenvalue weighted by Crippen LogP contribution is -2.42. The van der Waals surface area contributed by atoms with E-state index in [9.17, 15) is 17.6 Å². The SMILES string of the molecule is Cc1c(Cl)cccc1NC(=O)C1CCN(S(=O)(=O)Cc2c(F)cccc2Cl)CC1. The molecule has 2 aromatic rings. The van der Waals surface area contributed by atoms with Crippen molar-refractivity contribution in [3.8, 4) is 0 Å². The van der Waals surface area contributed by atoms with Crippen molar-refractivity contribution >= 4 is 44.8 Å². The molecule has 1 aliphatic rings. The highest BCUT2D eigenvalue weighted by atomic mass is 35.5. The third-order valence-electron chi connectivity index (χ3n) is 5.13. The van der Waals surface area contributed by atoms with Gasteiger partial charge in [0.25, 0.3) is 0 Å². The number of nitrogens with zero attached hydrogens (tertiary/aromatic N) is 1. The van der Waals surface area contributed by atoms with E-state index in [2.05, 4.69) is 5.32 Å². The summed E-state index contributed by atoms with van der Waals surface area (Å²) in [5, 5.41) is 3.52. The highest BCUT2D eigenvalue weighted by molar-refractivity contribution is 7.88. The molecule has 0 spiro atoms. The van der Waals surface area contributed by atoms with Crippen LogP contribution in [-0.2, 0) is 20.6 Å². The molecule has 5 nitrogen and oxygen atoms in total. The Kier molecular flexibility index (Phi) is 6.83. The molecule has 0 aromatic heterocycles. The summed E-state index contributed by atoms with van der Waals surface area (Å²) in [6, 6.07) is 9.36. The number of amides is 1. The number of benzene rings is 2.